The van der Waals surface area contributed by atoms with Crippen LogP contribution in [0.4, 0.5) is 5.13 Å². The zero-order valence-corrected chi connectivity index (χ0v) is 15.0. The number of aryl methyl sites for hydroxylation is 1. The summed E-state index contributed by atoms with van der Waals surface area (Å²) in [6.45, 7) is 4.65. The summed E-state index contributed by atoms with van der Waals surface area (Å²) in [5, 5.41) is 12.3. The molecular formula is C17H20N4O3S. The van der Waals surface area contributed by atoms with Gasteiger partial charge in [-0.05, 0) is 24.5 Å². The summed E-state index contributed by atoms with van der Waals surface area (Å²) in [4.78, 5) is 23.9. The van der Waals surface area contributed by atoms with Crippen molar-refractivity contribution in [2.75, 3.05) is 5.32 Å². The number of carbonyl (C=O) groups excluding carboxylic acids is 1. The molecule has 0 fully saturated rings. The molecular weight excluding hydrogens is 340 g/mol. The van der Waals surface area contributed by atoms with Gasteiger partial charge in [-0.3, -0.25) is 9.36 Å². The summed E-state index contributed by atoms with van der Waals surface area (Å²) in [7, 11) is 0. The lowest BCUT2D eigenvalue weighted by molar-refractivity contribution is -0.116. The van der Waals surface area contributed by atoms with Crippen molar-refractivity contribution in [3.05, 3.63) is 39.8 Å². The zero-order chi connectivity index (χ0) is 17.8. The minimum atomic E-state index is -0.399. The Hall–Kier alpha value is -2.48. The molecule has 0 saturated carbocycles. The van der Waals surface area contributed by atoms with Gasteiger partial charge in [-0.1, -0.05) is 37.3 Å². The van der Waals surface area contributed by atoms with E-state index in [0.717, 1.165) is 16.9 Å². The van der Waals surface area contributed by atoms with Crippen LogP contribution in [-0.2, 0) is 17.8 Å². The summed E-state index contributed by atoms with van der Waals surface area (Å²) in [5.41, 5.74) is 1.30. The highest BCUT2D eigenvalue weighted by molar-refractivity contribution is 7.15. The SMILES string of the molecule is CC(C)Cc1nnc(NC(=O)CCCn2c(=O)oc3ccccc32)s1. The minimum Gasteiger partial charge on any atom is -0.408 e. The van der Waals surface area contributed by atoms with Gasteiger partial charge in [0.2, 0.25) is 11.0 Å². The topological polar surface area (TPSA) is 90.0 Å². The Morgan fingerprint density at radius 3 is 2.92 bits per heavy atom. The first kappa shape index (κ1) is 17.3. The van der Waals surface area contributed by atoms with Gasteiger partial charge in [-0.25, -0.2) is 4.79 Å². The Morgan fingerprint density at radius 2 is 2.12 bits per heavy atom. The second-order valence-corrected chi connectivity index (χ2v) is 7.30. The van der Waals surface area contributed by atoms with Crippen LogP contribution in [0.15, 0.2) is 33.5 Å². The van der Waals surface area contributed by atoms with Crippen LogP contribution in [-0.4, -0.2) is 20.7 Å². The molecule has 0 aliphatic carbocycles. The predicted octanol–water partition coefficient (Wildman–Crippen LogP) is 3.06. The normalized spacial score (nSPS) is 11.3. The molecule has 3 aromatic rings. The molecule has 0 radical (unpaired) electrons. The number of hydrogen-bond acceptors (Lipinski definition) is 6. The van der Waals surface area contributed by atoms with Gasteiger partial charge in [0, 0.05) is 19.4 Å². The van der Waals surface area contributed by atoms with Gasteiger partial charge in [-0.2, -0.15) is 0 Å². The lowest BCUT2D eigenvalue weighted by Gasteiger charge is -2.03. The van der Waals surface area contributed by atoms with Gasteiger partial charge in [0.25, 0.3) is 0 Å². The first-order chi connectivity index (χ1) is 12.0. The molecule has 3 rings (SSSR count). The largest absolute Gasteiger partial charge is 0.419 e. The van der Waals surface area contributed by atoms with E-state index in [-0.39, 0.29) is 5.91 Å². The molecule has 8 heteroatoms. The van der Waals surface area contributed by atoms with Gasteiger partial charge in [-0.15, -0.1) is 10.2 Å². The molecule has 132 valence electrons. The molecule has 7 nitrogen and oxygen atoms in total. The standard InChI is InChI=1S/C17H20N4O3S/c1-11(2)10-15-19-20-16(25-15)18-14(22)8-5-9-21-12-6-3-4-7-13(12)24-17(21)23/h3-4,6-7,11H,5,8-10H2,1-2H3,(H,18,20,22). The van der Waals surface area contributed by atoms with Crippen molar-refractivity contribution in [2.45, 2.75) is 39.7 Å². The van der Waals surface area contributed by atoms with Crippen molar-refractivity contribution in [1.82, 2.24) is 14.8 Å². The van der Waals surface area contributed by atoms with Crippen LogP contribution in [0.1, 0.15) is 31.7 Å². The maximum absolute atomic E-state index is 12.0. The van der Waals surface area contributed by atoms with Crippen molar-refractivity contribution in [2.24, 2.45) is 5.92 Å². The number of fused-ring (bicyclic) bond motifs is 1. The summed E-state index contributed by atoms with van der Waals surface area (Å²) in [6, 6.07) is 7.26. The third-order valence-electron chi connectivity index (χ3n) is 3.66. The molecule has 1 aromatic carbocycles. The van der Waals surface area contributed by atoms with E-state index in [0.29, 0.717) is 36.0 Å². The van der Waals surface area contributed by atoms with E-state index in [1.807, 2.05) is 18.2 Å². The highest BCUT2D eigenvalue weighted by Gasteiger charge is 2.11. The third kappa shape index (κ3) is 4.33. The molecule has 25 heavy (non-hydrogen) atoms. The number of carbonyl (C=O) groups is 1. The van der Waals surface area contributed by atoms with Gasteiger partial charge < -0.3 is 9.73 Å². The van der Waals surface area contributed by atoms with Gasteiger partial charge in [0.05, 0.1) is 5.52 Å². The van der Waals surface area contributed by atoms with E-state index in [4.69, 9.17) is 4.42 Å². The highest BCUT2D eigenvalue weighted by atomic mass is 32.1. The average Bonchev–Trinajstić information content (AvgIpc) is 3.11. The minimum absolute atomic E-state index is 0.131. The van der Waals surface area contributed by atoms with Crippen LogP contribution in [0, 0.1) is 5.92 Å². The average molecular weight is 360 g/mol. The lowest BCUT2D eigenvalue weighted by atomic mass is 10.1. The van der Waals surface area contributed by atoms with Crippen LogP contribution in [0.5, 0.6) is 0 Å². The molecule has 0 saturated heterocycles. The molecule has 0 aliphatic heterocycles. The number of amides is 1. The van der Waals surface area contributed by atoms with Crippen molar-refractivity contribution < 1.29 is 9.21 Å². The van der Waals surface area contributed by atoms with E-state index in [1.54, 1.807) is 10.6 Å². The predicted molar refractivity (Wildman–Crippen MR) is 96.8 cm³/mol. The van der Waals surface area contributed by atoms with Crippen LogP contribution >= 0.6 is 11.3 Å². The summed E-state index contributed by atoms with van der Waals surface area (Å²) < 4.78 is 6.73. The molecule has 2 heterocycles. The third-order valence-corrected chi connectivity index (χ3v) is 4.52. The zero-order valence-electron chi connectivity index (χ0n) is 14.2. The summed E-state index contributed by atoms with van der Waals surface area (Å²) >= 11 is 1.40. The Kier molecular flexibility index (Phi) is 5.28. The van der Waals surface area contributed by atoms with Gasteiger partial charge >= 0.3 is 5.76 Å². The smallest absolute Gasteiger partial charge is 0.408 e. The Bertz CT molecular complexity index is 925. The highest BCUT2D eigenvalue weighted by Crippen LogP contribution is 2.18. The van der Waals surface area contributed by atoms with Gasteiger partial charge in [0.15, 0.2) is 5.58 Å². The van der Waals surface area contributed by atoms with E-state index in [1.165, 1.54) is 11.3 Å². The number of nitrogens with zero attached hydrogens (tertiary/aromatic N) is 3. The van der Waals surface area contributed by atoms with Crippen LogP contribution < -0.4 is 11.1 Å². The van der Waals surface area contributed by atoms with Crippen LogP contribution in [0.25, 0.3) is 11.1 Å². The summed E-state index contributed by atoms with van der Waals surface area (Å²) in [5.74, 6) is -0.0308. The number of oxazole rings is 1. The van der Waals surface area contributed by atoms with Crippen molar-refractivity contribution >= 4 is 33.5 Å². The van der Waals surface area contributed by atoms with Crippen LogP contribution in [0.3, 0.4) is 0 Å². The first-order valence-corrected chi connectivity index (χ1v) is 9.05. The fourth-order valence-electron chi connectivity index (χ4n) is 2.54. The number of anilines is 1. The number of benzene rings is 1. The van der Waals surface area contributed by atoms with Crippen molar-refractivity contribution in [3.8, 4) is 0 Å². The number of para-hydroxylation sites is 2. The molecule has 0 unspecified atom stereocenters. The summed E-state index contributed by atoms with van der Waals surface area (Å²) in [6.07, 6.45) is 1.68. The molecule has 1 amide bonds. The van der Waals surface area contributed by atoms with Crippen LogP contribution in [0.2, 0.25) is 0 Å². The Balaban J connectivity index is 1.53. The second-order valence-electron chi connectivity index (χ2n) is 6.24. The van der Waals surface area contributed by atoms with E-state index < -0.39 is 5.76 Å². The van der Waals surface area contributed by atoms with E-state index in [9.17, 15) is 9.59 Å². The Morgan fingerprint density at radius 1 is 1.32 bits per heavy atom. The number of nitrogens with one attached hydrogen (secondary N) is 1. The molecule has 0 spiro atoms. The van der Waals surface area contributed by atoms with E-state index >= 15 is 0 Å². The number of rotatable bonds is 7. The number of hydrogen-bond donors (Lipinski definition) is 1. The van der Waals surface area contributed by atoms with Crippen molar-refractivity contribution in [3.63, 3.8) is 0 Å². The van der Waals surface area contributed by atoms with E-state index in [2.05, 4.69) is 29.4 Å². The first-order valence-electron chi connectivity index (χ1n) is 8.23. The molecule has 0 aliphatic rings. The Labute approximate surface area is 148 Å². The molecule has 1 N–H and O–H groups in total. The maximum atomic E-state index is 12.0. The quantitative estimate of drug-likeness (QED) is 0.699. The van der Waals surface area contributed by atoms with Gasteiger partial charge in [0.1, 0.15) is 5.01 Å². The molecule has 0 atom stereocenters. The fraction of sp³-hybridized carbons (Fsp3) is 0.412. The maximum Gasteiger partial charge on any atom is 0.419 e. The molecule has 2 aromatic heterocycles. The second kappa shape index (κ2) is 7.60. The lowest BCUT2D eigenvalue weighted by Crippen LogP contribution is -2.17. The fourth-order valence-corrected chi connectivity index (χ4v) is 3.51. The molecule has 0 bridgehead atoms. The number of aromatic nitrogens is 3. The monoisotopic (exact) mass is 360 g/mol. The van der Waals surface area contributed by atoms with Crippen molar-refractivity contribution in [1.29, 1.82) is 0 Å².